The van der Waals surface area contributed by atoms with E-state index in [1.165, 1.54) is 12.2 Å². The lowest BCUT2D eigenvalue weighted by molar-refractivity contribution is 0.421. The maximum absolute atomic E-state index is 5.62. The third-order valence-electron chi connectivity index (χ3n) is 2.69. The van der Waals surface area contributed by atoms with Crippen LogP contribution in [0.2, 0.25) is 0 Å². The van der Waals surface area contributed by atoms with E-state index in [1.54, 1.807) is 12.3 Å². The lowest BCUT2D eigenvalue weighted by atomic mass is 10.2. The van der Waals surface area contributed by atoms with Crippen molar-refractivity contribution < 1.29 is 4.52 Å². The van der Waals surface area contributed by atoms with Gasteiger partial charge in [0.05, 0.1) is 5.25 Å². The highest BCUT2D eigenvalue weighted by atomic mass is 32.2. The smallest absolute Gasteiger partial charge is 0.258 e. The zero-order valence-electron chi connectivity index (χ0n) is 9.17. The maximum atomic E-state index is 5.62. The van der Waals surface area contributed by atoms with Crippen LogP contribution in [0.1, 0.15) is 23.9 Å². The molecule has 0 bridgehead atoms. The summed E-state index contributed by atoms with van der Waals surface area (Å²) < 4.78 is 5.26. The molecule has 0 radical (unpaired) electrons. The second-order valence-electron chi connectivity index (χ2n) is 3.93. The molecule has 6 heteroatoms. The van der Waals surface area contributed by atoms with E-state index in [9.17, 15) is 0 Å². The van der Waals surface area contributed by atoms with Crippen LogP contribution in [0.15, 0.2) is 22.9 Å². The Morgan fingerprint density at radius 3 is 3.18 bits per heavy atom. The van der Waals surface area contributed by atoms with Crippen molar-refractivity contribution >= 4 is 17.6 Å². The summed E-state index contributed by atoms with van der Waals surface area (Å²) in [6, 6.07) is 3.55. The van der Waals surface area contributed by atoms with Gasteiger partial charge in [0, 0.05) is 11.8 Å². The van der Waals surface area contributed by atoms with E-state index in [0.717, 1.165) is 17.8 Å². The van der Waals surface area contributed by atoms with Crippen molar-refractivity contribution in [1.82, 2.24) is 15.1 Å². The molecule has 2 aromatic rings. The van der Waals surface area contributed by atoms with Gasteiger partial charge >= 0.3 is 0 Å². The van der Waals surface area contributed by atoms with Gasteiger partial charge in [-0.1, -0.05) is 5.16 Å². The highest BCUT2D eigenvalue weighted by molar-refractivity contribution is 7.99. The molecular weight excluding hydrogens is 236 g/mol. The molecule has 1 atom stereocenters. The summed E-state index contributed by atoms with van der Waals surface area (Å²) in [5.41, 5.74) is 6.44. The molecule has 0 spiro atoms. The van der Waals surface area contributed by atoms with Gasteiger partial charge in [-0.25, -0.2) is 4.98 Å². The summed E-state index contributed by atoms with van der Waals surface area (Å²) in [7, 11) is 0. The predicted octanol–water partition coefficient (Wildman–Crippen LogP) is 2.28. The Bertz CT molecular complexity index is 522. The molecule has 5 nitrogen and oxygen atoms in total. The molecule has 3 rings (SSSR count). The number of hydrogen-bond donors (Lipinski definition) is 1. The second kappa shape index (κ2) is 4.37. The minimum Gasteiger partial charge on any atom is -0.384 e. The Hall–Kier alpha value is -1.56. The fourth-order valence-corrected chi connectivity index (χ4v) is 3.04. The molecule has 1 unspecified atom stereocenters. The molecule has 1 aliphatic heterocycles. The SMILES string of the molecule is Nc1cc(-c2nc(C3CCCS3)no2)ccn1. The van der Waals surface area contributed by atoms with E-state index in [-0.39, 0.29) is 0 Å². The van der Waals surface area contributed by atoms with Gasteiger partial charge in [-0.15, -0.1) is 0 Å². The third-order valence-corrected chi connectivity index (χ3v) is 4.06. The van der Waals surface area contributed by atoms with Crippen LogP contribution < -0.4 is 5.73 Å². The Kier molecular flexibility index (Phi) is 2.72. The summed E-state index contributed by atoms with van der Waals surface area (Å²) in [4.78, 5) is 8.36. The van der Waals surface area contributed by atoms with Gasteiger partial charge < -0.3 is 10.3 Å². The lowest BCUT2D eigenvalue weighted by Crippen LogP contribution is -1.92. The fourth-order valence-electron chi connectivity index (χ4n) is 1.85. The molecule has 88 valence electrons. The van der Waals surface area contributed by atoms with Crippen molar-refractivity contribution in [2.75, 3.05) is 11.5 Å². The Labute approximate surface area is 103 Å². The number of nitrogens with zero attached hydrogens (tertiary/aromatic N) is 3. The van der Waals surface area contributed by atoms with Crippen molar-refractivity contribution in [1.29, 1.82) is 0 Å². The van der Waals surface area contributed by atoms with Gasteiger partial charge in [0.2, 0.25) is 0 Å². The summed E-state index contributed by atoms with van der Waals surface area (Å²) >= 11 is 1.89. The number of hydrogen-bond acceptors (Lipinski definition) is 6. The number of pyridine rings is 1. The lowest BCUT2D eigenvalue weighted by Gasteiger charge is -1.99. The minimum absolute atomic E-state index is 0.381. The number of anilines is 1. The van der Waals surface area contributed by atoms with E-state index >= 15 is 0 Å². The number of rotatable bonds is 2. The molecule has 3 heterocycles. The van der Waals surface area contributed by atoms with Gasteiger partial charge in [-0.05, 0) is 30.7 Å². The van der Waals surface area contributed by atoms with Crippen LogP contribution in [0.25, 0.3) is 11.5 Å². The average Bonchev–Trinajstić information content (AvgIpc) is 3.00. The molecule has 1 aliphatic rings. The predicted molar refractivity (Wildman–Crippen MR) is 66.4 cm³/mol. The van der Waals surface area contributed by atoms with Gasteiger partial charge in [0.15, 0.2) is 5.82 Å². The van der Waals surface area contributed by atoms with Crippen molar-refractivity contribution in [3.8, 4) is 11.5 Å². The highest BCUT2D eigenvalue weighted by Crippen LogP contribution is 2.38. The molecule has 0 amide bonds. The van der Waals surface area contributed by atoms with Crippen LogP contribution >= 0.6 is 11.8 Å². The quantitative estimate of drug-likeness (QED) is 0.878. The normalized spacial score (nSPS) is 19.6. The van der Waals surface area contributed by atoms with E-state index < -0.39 is 0 Å². The van der Waals surface area contributed by atoms with Crippen molar-refractivity contribution in [3.05, 3.63) is 24.2 Å². The topological polar surface area (TPSA) is 77.8 Å². The van der Waals surface area contributed by atoms with Gasteiger partial charge in [-0.2, -0.15) is 16.7 Å². The second-order valence-corrected chi connectivity index (χ2v) is 5.24. The van der Waals surface area contributed by atoms with Gasteiger partial charge in [0.1, 0.15) is 5.82 Å². The first kappa shape index (κ1) is 10.6. The Morgan fingerprint density at radius 1 is 1.47 bits per heavy atom. The first-order valence-electron chi connectivity index (χ1n) is 5.50. The first-order valence-corrected chi connectivity index (χ1v) is 6.55. The molecule has 0 aromatic carbocycles. The molecule has 0 saturated carbocycles. The van der Waals surface area contributed by atoms with Crippen LogP contribution in [-0.2, 0) is 0 Å². The number of aromatic nitrogens is 3. The van der Waals surface area contributed by atoms with Crippen molar-refractivity contribution in [2.24, 2.45) is 0 Å². The Morgan fingerprint density at radius 2 is 2.41 bits per heavy atom. The summed E-state index contributed by atoms with van der Waals surface area (Å²) in [6.45, 7) is 0. The van der Waals surface area contributed by atoms with Crippen molar-refractivity contribution in [3.63, 3.8) is 0 Å². The molecule has 0 aliphatic carbocycles. The van der Waals surface area contributed by atoms with Crippen LogP contribution in [-0.4, -0.2) is 20.9 Å². The van der Waals surface area contributed by atoms with Gasteiger partial charge in [0.25, 0.3) is 5.89 Å². The molecule has 2 N–H and O–H groups in total. The maximum Gasteiger partial charge on any atom is 0.258 e. The number of nitrogens with two attached hydrogens (primary N) is 1. The van der Waals surface area contributed by atoms with Crippen LogP contribution in [0.5, 0.6) is 0 Å². The molecular formula is C11H12N4OS. The molecule has 1 saturated heterocycles. The summed E-state index contributed by atoms with van der Waals surface area (Å²) in [5, 5.41) is 4.42. The van der Waals surface area contributed by atoms with E-state index in [0.29, 0.717) is 17.0 Å². The van der Waals surface area contributed by atoms with E-state index in [2.05, 4.69) is 15.1 Å². The van der Waals surface area contributed by atoms with E-state index in [4.69, 9.17) is 10.3 Å². The van der Waals surface area contributed by atoms with Crippen LogP contribution in [0.4, 0.5) is 5.82 Å². The average molecular weight is 248 g/mol. The molecule has 2 aromatic heterocycles. The fraction of sp³-hybridized carbons (Fsp3) is 0.364. The zero-order valence-corrected chi connectivity index (χ0v) is 9.98. The molecule has 1 fully saturated rings. The zero-order chi connectivity index (χ0) is 11.7. The summed E-state index contributed by atoms with van der Waals surface area (Å²) in [6.07, 6.45) is 3.99. The molecule has 17 heavy (non-hydrogen) atoms. The standard InChI is InChI=1S/C11H12N4OS/c12-9-6-7(3-4-13-9)11-14-10(15-16-11)8-2-1-5-17-8/h3-4,6,8H,1-2,5H2,(H2,12,13). The minimum atomic E-state index is 0.381. The largest absolute Gasteiger partial charge is 0.384 e. The third kappa shape index (κ3) is 2.12. The number of nitrogen functional groups attached to an aromatic ring is 1. The van der Waals surface area contributed by atoms with Crippen LogP contribution in [0.3, 0.4) is 0 Å². The van der Waals surface area contributed by atoms with E-state index in [1.807, 2.05) is 17.8 Å². The highest BCUT2D eigenvalue weighted by Gasteiger charge is 2.23. The number of thioether (sulfide) groups is 1. The monoisotopic (exact) mass is 248 g/mol. The Balaban J connectivity index is 1.89. The first-order chi connectivity index (χ1) is 8.33. The van der Waals surface area contributed by atoms with Crippen molar-refractivity contribution in [2.45, 2.75) is 18.1 Å². The van der Waals surface area contributed by atoms with Gasteiger partial charge in [-0.3, -0.25) is 0 Å². The van der Waals surface area contributed by atoms with Crippen LogP contribution in [0, 0.1) is 0 Å². The summed E-state index contributed by atoms with van der Waals surface area (Å²) in [5.74, 6) is 2.94.